The number of nitrogens with zero attached hydrogens (tertiary/aromatic N) is 1. The molecule has 3 nitrogen and oxygen atoms in total. The summed E-state index contributed by atoms with van der Waals surface area (Å²) in [6.07, 6.45) is 2.04. The molecule has 0 bridgehead atoms. The Hall–Kier alpha value is -2.57. The van der Waals surface area contributed by atoms with E-state index in [-0.39, 0.29) is 5.97 Å². The van der Waals surface area contributed by atoms with Crippen LogP contribution >= 0.6 is 11.6 Å². The molecule has 110 valence electrons. The van der Waals surface area contributed by atoms with Crippen LogP contribution in [0.2, 0.25) is 5.02 Å². The van der Waals surface area contributed by atoms with Crippen LogP contribution in [0.1, 0.15) is 24.5 Å². The molecular formula is C18H14ClNO2. The van der Waals surface area contributed by atoms with Gasteiger partial charge in [-0.1, -0.05) is 42.8 Å². The lowest BCUT2D eigenvalue weighted by Crippen LogP contribution is -2.05. The number of allylic oxidation sites excluding steroid dienone is 1. The number of hydrogen-bond acceptors (Lipinski definition) is 3. The number of carbonyl (C=O) groups excluding carboxylic acids is 1. The Morgan fingerprint density at radius 3 is 2.73 bits per heavy atom. The first-order valence-corrected chi connectivity index (χ1v) is 7.18. The van der Waals surface area contributed by atoms with Crippen LogP contribution in [0, 0.1) is 11.3 Å². The van der Waals surface area contributed by atoms with Gasteiger partial charge in [-0.05, 0) is 41.5 Å². The van der Waals surface area contributed by atoms with Gasteiger partial charge in [-0.25, -0.2) is 0 Å². The summed E-state index contributed by atoms with van der Waals surface area (Å²) in [4.78, 5) is 11.3. The zero-order valence-electron chi connectivity index (χ0n) is 12.0. The molecule has 0 heterocycles. The molecule has 0 saturated heterocycles. The molecule has 0 aromatic heterocycles. The SMILES string of the molecule is CCC(=O)Oc1cccc(/C=C(/C#N)c2cccc(Cl)c2)c1. The summed E-state index contributed by atoms with van der Waals surface area (Å²) in [5.74, 6) is 0.167. The summed E-state index contributed by atoms with van der Waals surface area (Å²) in [7, 11) is 0. The molecule has 0 unspecified atom stereocenters. The number of carbonyl (C=O) groups is 1. The van der Waals surface area contributed by atoms with Crippen LogP contribution in [0.25, 0.3) is 11.6 Å². The molecule has 0 atom stereocenters. The molecule has 22 heavy (non-hydrogen) atoms. The third-order valence-electron chi connectivity index (χ3n) is 2.95. The number of esters is 1. The van der Waals surface area contributed by atoms with Crippen molar-refractivity contribution in [3.63, 3.8) is 0 Å². The number of benzene rings is 2. The average Bonchev–Trinajstić information content (AvgIpc) is 2.52. The summed E-state index contributed by atoms with van der Waals surface area (Å²) in [6, 6.07) is 16.3. The van der Waals surface area contributed by atoms with E-state index in [9.17, 15) is 10.1 Å². The predicted molar refractivity (Wildman–Crippen MR) is 87.3 cm³/mol. The van der Waals surface area contributed by atoms with E-state index in [0.29, 0.717) is 22.8 Å². The summed E-state index contributed by atoms with van der Waals surface area (Å²) >= 11 is 5.95. The largest absolute Gasteiger partial charge is 0.427 e. The summed E-state index contributed by atoms with van der Waals surface area (Å²) in [5, 5.41) is 9.91. The second-order valence-corrected chi connectivity index (χ2v) is 5.02. The highest BCUT2D eigenvalue weighted by Crippen LogP contribution is 2.22. The van der Waals surface area contributed by atoms with Crippen molar-refractivity contribution in [2.45, 2.75) is 13.3 Å². The Kier molecular flexibility index (Phi) is 5.35. The van der Waals surface area contributed by atoms with E-state index in [1.54, 1.807) is 49.4 Å². The van der Waals surface area contributed by atoms with Crippen LogP contribution < -0.4 is 4.74 Å². The van der Waals surface area contributed by atoms with Crippen molar-refractivity contribution in [2.75, 3.05) is 0 Å². The quantitative estimate of drug-likeness (QED) is 0.355. The molecule has 0 aliphatic heterocycles. The Morgan fingerprint density at radius 1 is 1.27 bits per heavy atom. The normalized spacial score (nSPS) is 10.9. The van der Waals surface area contributed by atoms with Crippen LogP contribution in [0.4, 0.5) is 0 Å². The summed E-state index contributed by atoms with van der Waals surface area (Å²) in [5.41, 5.74) is 2.00. The average molecular weight is 312 g/mol. The van der Waals surface area contributed by atoms with E-state index in [2.05, 4.69) is 6.07 Å². The Bertz CT molecular complexity index is 760. The first-order chi connectivity index (χ1) is 10.6. The molecule has 0 fully saturated rings. The monoisotopic (exact) mass is 311 g/mol. The number of hydrogen-bond donors (Lipinski definition) is 0. The molecule has 0 aliphatic carbocycles. The number of nitriles is 1. The molecule has 0 aliphatic rings. The predicted octanol–water partition coefficient (Wildman–Crippen LogP) is 4.72. The van der Waals surface area contributed by atoms with Crippen LogP contribution in [0.5, 0.6) is 5.75 Å². The fourth-order valence-electron chi connectivity index (χ4n) is 1.87. The highest BCUT2D eigenvalue weighted by atomic mass is 35.5. The maximum absolute atomic E-state index is 11.3. The second-order valence-electron chi connectivity index (χ2n) is 4.58. The molecular weight excluding hydrogens is 298 g/mol. The third-order valence-corrected chi connectivity index (χ3v) is 3.18. The maximum atomic E-state index is 11.3. The van der Waals surface area contributed by atoms with Crippen molar-refractivity contribution in [3.05, 3.63) is 64.7 Å². The van der Waals surface area contributed by atoms with E-state index >= 15 is 0 Å². The molecule has 2 aromatic rings. The fourth-order valence-corrected chi connectivity index (χ4v) is 2.06. The first-order valence-electron chi connectivity index (χ1n) is 6.81. The Labute approximate surface area is 134 Å². The standard InChI is InChI=1S/C18H14ClNO2/c1-2-18(21)22-17-8-3-5-13(10-17)9-15(12-20)14-6-4-7-16(19)11-14/h3-11H,2H2,1H3/b15-9-. The van der Waals surface area contributed by atoms with E-state index in [1.165, 1.54) is 0 Å². The van der Waals surface area contributed by atoms with Gasteiger partial charge in [-0.15, -0.1) is 0 Å². The van der Waals surface area contributed by atoms with Gasteiger partial charge in [0.1, 0.15) is 5.75 Å². The number of rotatable bonds is 4. The van der Waals surface area contributed by atoms with E-state index in [4.69, 9.17) is 16.3 Å². The molecule has 2 rings (SSSR count). The van der Waals surface area contributed by atoms with Crippen molar-refractivity contribution >= 4 is 29.2 Å². The van der Waals surface area contributed by atoms with E-state index in [0.717, 1.165) is 11.1 Å². The molecule has 0 saturated carbocycles. The van der Waals surface area contributed by atoms with Crippen molar-refractivity contribution in [1.29, 1.82) is 5.26 Å². The minimum Gasteiger partial charge on any atom is -0.427 e. The topological polar surface area (TPSA) is 50.1 Å². The number of halogens is 1. The van der Waals surface area contributed by atoms with Crippen molar-refractivity contribution < 1.29 is 9.53 Å². The van der Waals surface area contributed by atoms with Gasteiger partial charge in [0.05, 0.1) is 11.6 Å². The minimum atomic E-state index is -0.295. The third kappa shape index (κ3) is 4.21. The van der Waals surface area contributed by atoms with Gasteiger partial charge in [0, 0.05) is 11.4 Å². The lowest BCUT2D eigenvalue weighted by atomic mass is 10.0. The molecule has 0 N–H and O–H groups in total. The molecule has 0 amide bonds. The lowest BCUT2D eigenvalue weighted by Gasteiger charge is -2.04. The van der Waals surface area contributed by atoms with Gasteiger partial charge in [-0.3, -0.25) is 4.79 Å². The molecule has 0 radical (unpaired) electrons. The van der Waals surface area contributed by atoms with Crippen LogP contribution in [0.3, 0.4) is 0 Å². The van der Waals surface area contributed by atoms with Crippen LogP contribution in [-0.2, 0) is 4.79 Å². The summed E-state index contributed by atoms with van der Waals surface area (Å²) < 4.78 is 5.17. The second kappa shape index (κ2) is 7.44. The Morgan fingerprint density at radius 2 is 2.05 bits per heavy atom. The number of ether oxygens (including phenoxy) is 1. The first kappa shape index (κ1) is 15.8. The van der Waals surface area contributed by atoms with Gasteiger partial charge in [-0.2, -0.15) is 5.26 Å². The van der Waals surface area contributed by atoms with Crippen LogP contribution in [-0.4, -0.2) is 5.97 Å². The van der Waals surface area contributed by atoms with Gasteiger partial charge >= 0.3 is 5.97 Å². The van der Waals surface area contributed by atoms with E-state index in [1.807, 2.05) is 12.1 Å². The van der Waals surface area contributed by atoms with Crippen LogP contribution in [0.15, 0.2) is 48.5 Å². The highest BCUT2D eigenvalue weighted by molar-refractivity contribution is 6.30. The maximum Gasteiger partial charge on any atom is 0.310 e. The fraction of sp³-hybridized carbons (Fsp3) is 0.111. The van der Waals surface area contributed by atoms with Gasteiger partial charge < -0.3 is 4.74 Å². The van der Waals surface area contributed by atoms with Gasteiger partial charge in [0.15, 0.2) is 0 Å². The summed E-state index contributed by atoms with van der Waals surface area (Å²) in [6.45, 7) is 1.74. The minimum absolute atomic E-state index is 0.295. The molecule has 4 heteroatoms. The van der Waals surface area contributed by atoms with Crippen molar-refractivity contribution in [3.8, 4) is 11.8 Å². The van der Waals surface area contributed by atoms with Crippen molar-refractivity contribution in [2.24, 2.45) is 0 Å². The Balaban J connectivity index is 2.32. The van der Waals surface area contributed by atoms with Gasteiger partial charge in [0.2, 0.25) is 0 Å². The smallest absolute Gasteiger partial charge is 0.310 e. The van der Waals surface area contributed by atoms with E-state index < -0.39 is 0 Å². The zero-order valence-corrected chi connectivity index (χ0v) is 12.8. The lowest BCUT2D eigenvalue weighted by molar-refractivity contribution is -0.134. The highest BCUT2D eigenvalue weighted by Gasteiger charge is 2.04. The van der Waals surface area contributed by atoms with Gasteiger partial charge in [0.25, 0.3) is 0 Å². The molecule has 0 spiro atoms. The van der Waals surface area contributed by atoms with Crippen molar-refractivity contribution in [1.82, 2.24) is 0 Å². The molecule has 2 aromatic carbocycles. The zero-order chi connectivity index (χ0) is 15.9.